The third kappa shape index (κ3) is 3.94. The first-order valence-corrected chi connectivity index (χ1v) is 9.35. The minimum absolute atomic E-state index is 0.784. The number of nitrogens with zero attached hydrogens (tertiary/aromatic N) is 1. The van der Waals surface area contributed by atoms with Gasteiger partial charge in [-0.15, -0.1) is 0 Å². The number of hydrogen-bond acceptors (Lipinski definition) is 2. The zero-order chi connectivity index (χ0) is 19.3. The molecule has 0 radical (unpaired) electrons. The van der Waals surface area contributed by atoms with E-state index < -0.39 is 0 Å². The van der Waals surface area contributed by atoms with Gasteiger partial charge in [-0.2, -0.15) is 0 Å². The molecule has 3 aromatic carbocycles. The number of methoxy groups -OCH3 is 1. The van der Waals surface area contributed by atoms with Gasteiger partial charge < -0.3 is 14.0 Å². The average molecular weight is 369 g/mol. The molecule has 1 heterocycles. The Bertz CT molecular complexity index is 1050. The summed E-state index contributed by atoms with van der Waals surface area (Å²) in [5.41, 5.74) is 4.78. The lowest BCUT2D eigenvalue weighted by atomic mass is 10.1. The van der Waals surface area contributed by atoms with Gasteiger partial charge in [0.25, 0.3) is 0 Å². The summed E-state index contributed by atoms with van der Waals surface area (Å²) in [5, 5.41) is 0. The molecule has 0 aliphatic heterocycles. The Labute approximate surface area is 165 Å². The predicted molar refractivity (Wildman–Crippen MR) is 113 cm³/mol. The number of aryl methyl sites for hydroxylation is 1. The molecule has 3 nitrogen and oxygen atoms in total. The number of hydrogen-bond donors (Lipinski definition) is 0. The molecule has 0 bridgehead atoms. The number of benzene rings is 3. The normalized spacial score (nSPS) is 10.6. The summed E-state index contributed by atoms with van der Waals surface area (Å²) in [4.78, 5) is 0. The van der Waals surface area contributed by atoms with Crippen LogP contribution in [0.3, 0.4) is 0 Å². The lowest BCUT2D eigenvalue weighted by Gasteiger charge is -2.14. The molecule has 0 atom stereocenters. The molecule has 28 heavy (non-hydrogen) atoms. The van der Waals surface area contributed by atoms with Gasteiger partial charge in [-0.3, -0.25) is 0 Å². The lowest BCUT2D eigenvalue weighted by Crippen LogP contribution is -2.03. The van der Waals surface area contributed by atoms with Crippen LogP contribution in [0.2, 0.25) is 0 Å². The minimum atomic E-state index is 0.784. The van der Waals surface area contributed by atoms with Gasteiger partial charge in [0, 0.05) is 17.9 Å². The van der Waals surface area contributed by atoms with E-state index in [1.54, 1.807) is 7.11 Å². The maximum absolute atomic E-state index is 5.99. The molecule has 3 heteroatoms. The van der Waals surface area contributed by atoms with Gasteiger partial charge in [0.1, 0.15) is 17.2 Å². The summed E-state index contributed by atoms with van der Waals surface area (Å²) in [6.07, 6.45) is 0. The van der Waals surface area contributed by atoms with Crippen molar-refractivity contribution in [2.24, 2.45) is 0 Å². The molecule has 0 amide bonds. The fourth-order valence-corrected chi connectivity index (χ4v) is 3.31. The first kappa shape index (κ1) is 17.9. The SMILES string of the molecule is COc1ccc(-c2ccc(C)n2Cc2cccc(Oc3ccccc3)c2)cc1. The van der Waals surface area contributed by atoms with Crippen LogP contribution in [0.5, 0.6) is 17.2 Å². The van der Waals surface area contributed by atoms with Gasteiger partial charge in [-0.25, -0.2) is 0 Å². The summed E-state index contributed by atoms with van der Waals surface area (Å²) in [5.74, 6) is 2.56. The van der Waals surface area contributed by atoms with Gasteiger partial charge in [0.15, 0.2) is 0 Å². The molecule has 0 spiro atoms. The van der Waals surface area contributed by atoms with Gasteiger partial charge in [0.2, 0.25) is 0 Å². The summed E-state index contributed by atoms with van der Waals surface area (Å²) in [6, 6.07) is 30.6. The fourth-order valence-electron chi connectivity index (χ4n) is 3.31. The lowest BCUT2D eigenvalue weighted by molar-refractivity contribution is 0.415. The van der Waals surface area contributed by atoms with Crippen molar-refractivity contribution in [1.29, 1.82) is 0 Å². The molecule has 0 aliphatic rings. The quantitative estimate of drug-likeness (QED) is 0.397. The van der Waals surface area contributed by atoms with Crippen LogP contribution in [-0.4, -0.2) is 11.7 Å². The van der Waals surface area contributed by atoms with Crippen molar-refractivity contribution >= 4 is 0 Å². The summed E-state index contributed by atoms with van der Waals surface area (Å²) >= 11 is 0. The van der Waals surface area contributed by atoms with E-state index in [4.69, 9.17) is 9.47 Å². The highest BCUT2D eigenvalue weighted by molar-refractivity contribution is 5.62. The Kier molecular flexibility index (Phi) is 5.16. The van der Waals surface area contributed by atoms with Gasteiger partial charge in [-0.05, 0) is 78.7 Å². The first-order valence-electron chi connectivity index (χ1n) is 9.35. The average Bonchev–Trinajstić information content (AvgIpc) is 3.09. The zero-order valence-corrected chi connectivity index (χ0v) is 16.1. The summed E-state index contributed by atoms with van der Waals surface area (Å²) in [6.45, 7) is 2.92. The zero-order valence-electron chi connectivity index (χ0n) is 16.1. The van der Waals surface area contributed by atoms with Crippen LogP contribution in [0.4, 0.5) is 0 Å². The van der Waals surface area contributed by atoms with E-state index in [0.717, 1.165) is 23.8 Å². The Hall–Kier alpha value is -3.46. The Morgan fingerprint density at radius 3 is 2.21 bits per heavy atom. The molecule has 140 valence electrons. The second-order valence-corrected chi connectivity index (χ2v) is 6.74. The summed E-state index contributed by atoms with van der Waals surface area (Å²) < 4.78 is 13.6. The smallest absolute Gasteiger partial charge is 0.127 e. The number of rotatable bonds is 6. The van der Waals surface area contributed by atoms with Crippen molar-refractivity contribution in [1.82, 2.24) is 4.57 Å². The highest BCUT2D eigenvalue weighted by Gasteiger charge is 2.09. The summed E-state index contributed by atoms with van der Waals surface area (Å²) in [7, 11) is 1.69. The van der Waals surface area contributed by atoms with Crippen molar-refractivity contribution in [3.05, 3.63) is 102 Å². The van der Waals surface area contributed by atoms with Gasteiger partial charge in [0.05, 0.1) is 7.11 Å². The monoisotopic (exact) mass is 369 g/mol. The maximum Gasteiger partial charge on any atom is 0.127 e. The van der Waals surface area contributed by atoms with Crippen molar-refractivity contribution in [3.63, 3.8) is 0 Å². The van der Waals surface area contributed by atoms with Crippen LogP contribution < -0.4 is 9.47 Å². The molecule has 0 fully saturated rings. The number of aromatic nitrogens is 1. The Balaban J connectivity index is 1.59. The van der Waals surface area contributed by atoms with Crippen LogP contribution in [0, 0.1) is 6.92 Å². The topological polar surface area (TPSA) is 23.4 Å². The van der Waals surface area contributed by atoms with E-state index in [9.17, 15) is 0 Å². The van der Waals surface area contributed by atoms with E-state index in [1.165, 1.54) is 22.5 Å². The van der Waals surface area contributed by atoms with E-state index in [2.05, 4.69) is 47.9 Å². The molecule has 0 saturated carbocycles. The van der Waals surface area contributed by atoms with Gasteiger partial charge in [-0.1, -0.05) is 30.3 Å². The van der Waals surface area contributed by atoms with Crippen molar-refractivity contribution < 1.29 is 9.47 Å². The predicted octanol–water partition coefficient (Wildman–Crippen LogP) is 6.31. The van der Waals surface area contributed by atoms with E-state index >= 15 is 0 Å². The van der Waals surface area contributed by atoms with Crippen molar-refractivity contribution in [2.75, 3.05) is 7.11 Å². The Morgan fingerprint density at radius 1 is 0.714 bits per heavy atom. The maximum atomic E-state index is 5.99. The molecule has 1 aromatic heterocycles. The van der Waals surface area contributed by atoms with Gasteiger partial charge >= 0.3 is 0 Å². The van der Waals surface area contributed by atoms with Crippen LogP contribution in [-0.2, 0) is 6.54 Å². The number of para-hydroxylation sites is 1. The van der Waals surface area contributed by atoms with E-state index in [-0.39, 0.29) is 0 Å². The minimum Gasteiger partial charge on any atom is -0.497 e. The molecule has 0 N–H and O–H groups in total. The van der Waals surface area contributed by atoms with Crippen LogP contribution in [0.1, 0.15) is 11.3 Å². The molecule has 4 aromatic rings. The van der Waals surface area contributed by atoms with Crippen LogP contribution in [0.25, 0.3) is 11.3 Å². The Morgan fingerprint density at radius 2 is 1.46 bits per heavy atom. The van der Waals surface area contributed by atoms with Crippen LogP contribution >= 0.6 is 0 Å². The van der Waals surface area contributed by atoms with E-state index in [1.807, 2.05) is 54.6 Å². The first-order chi connectivity index (χ1) is 13.7. The molecule has 0 unspecified atom stereocenters. The standard InChI is InChI=1S/C25H23NO2/c1-19-11-16-25(21-12-14-22(27-2)15-13-21)26(19)18-20-7-6-10-24(17-20)28-23-8-4-3-5-9-23/h3-17H,18H2,1-2H3. The molecule has 0 saturated heterocycles. The highest BCUT2D eigenvalue weighted by Crippen LogP contribution is 2.27. The largest absolute Gasteiger partial charge is 0.497 e. The molecular formula is C25H23NO2. The van der Waals surface area contributed by atoms with E-state index in [0.29, 0.717) is 0 Å². The third-order valence-corrected chi connectivity index (χ3v) is 4.80. The molecule has 0 aliphatic carbocycles. The fraction of sp³-hybridized carbons (Fsp3) is 0.120. The second-order valence-electron chi connectivity index (χ2n) is 6.74. The van der Waals surface area contributed by atoms with Crippen molar-refractivity contribution in [3.8, 4) is 28.5 Å². The third-order valence-electron chi connectivity index (χ3n) is 4.80. The van der Waals surface area contributed by atoms with Crippen molar-refractivity contribution in [2.45, 2.75) is 13.5 Å². The van der Waals surface area contributed by atoms with Crippen LogP contribution in [0.15, 0.2) is 91.0 Å². The number of ether oxygens (including phenoxy) is 2. The molecular weight excluding hydrogens is 346 g/mol. The molecule has 4 rings (SSSR count). The highest BCUT2D eigenvalue weighted by atomic mass is 16.5. The second kappa shape index (κ2) is 8.05.